The Labute approximate surface area is 98.1 Å². The molecule has 0 aromatic carbocycles. The van der Waals surface area contributed by atoms with Crippen LogP contribution in [-0.2, 0) is 0 Å². The zero-order chi connectivity index (χ0) is 12.1. The molecule has 0 aliphatic heterocycles. The topological polar surface area (TPSA) is 79.8 Å². The zero-order valence-electron chi connectivity index (χ0n) is 9.21. The predicted octanol–water partition coefficient (Wildman–Crippen LogP) is 1.17. The third-order valence-electron chi connectivity index (χ3n) is 2.04. The van der Waals surface area contributed by atoms with Crippen LogP contribution >= 0.6 is 0 Å². The maximum absolute atomic E-state index is 11.8. The van der Waals surface area contributed by atoms with E-state index in [2.05, 4.69) is 25.6 Å². The predicted molar refractivity (Wildman–Crippen MR) is 63.8 cm³/mol. The third kappa shape index (κ3) is 2.75. The Morgan fingerprint density at radius 3 is 2.82 bits per heavy atom. The van der Waals surface area contributed by atoms with Crippen molar-refractivity contribution in [2.24, 2.45) is 0 Å². The van der Waals surface area contributed by atoms with Crippen LogP contribution in [0, 0.1) is 0 Å². The zero-order valence-corrected chi connectivity index (χ0v) is 9.21. The summed E-state index contributed by atoms with van der Waals surface area (Å²) < 4.78 is 0. The van der Waals surface area contributed by atoms with E-state index in [0.29, 0.717) is 17.3 Å². The minimum atomic E-state index is -0.317. The minimum Gasteiger partial charge on any atom is -0.373 e. The molecule has 2 heterocycles. The summed E-state index contributed by atoms with van der Waals surface area (Å²) in [6, 6.07) is 5.16. The maximum Gasteiger partial charge on any atom is 0.275 e. The molecule has 0 spiro atoms. The van der Waals surface area contributed by atoms with E-state index in [4.69, 9.17) is 0 Å². The summed E-state index contributed by atoms with van der Waals surface area (Å²) >= 11 is 0. The molecule has 6 heteroatoms. The van der Waals surface area contributed by atoms with Gasteiger partial charge in [0.1, 0.15) is 11.5 Å². The summed E-state index contributed by atoms with van der Waals surface area (Å²) in [5.41, 5.74) is 0.322. The molecule has 86 valence electrons. The number of carbonyl (C=O) groups excluding carboxylic acids is 1. The summed E-state index contributed by atoms with van der Waals surface area (Å²) in [6.07, 6.45) is 4.52. The maximum atomic E-state index is 11.8. The molecule has 0 bridgehead atoms. The lowest BCUT2D eigenvalue weighted by atomic mass is 10.3. The van der Waals surface area contributed by atoms with Crippen molar-refractivity contribution in [1.82, 2.24) is 15.0 Å². The number of amides is 1. The van der Waals surface area contributed by atoms with Gasteiger partial charge in [0.2, 0.25) is 0 Å². The number of nitrogens with zero attached hydrogens (tertiary/aromatic N) is 3. The molecule has 2 N–H and O–H groups in total. The monoisotopic (exact) mass is 229 g/mol. The van der Waals surface area contributed by atoms with Crippen molar-refractivity contribution in [2.75, 3.05) is 17.7 Å². The van der Waals surface area contributed by atoms with Gasteiger partial charge < -0.3 is 10.6 Å². The van der Waals surface area contributed by atoms with Crippen LogP contribution in [0.4, 0.5) is 11.6 Å². The van der Waals surface area contributed by atoms with Gasteiger partial charge in [0.15, 0.2) is 5.82 Å². The van der Waals surface area contributed by atoms with E-state index < -0.39 is 0 Å². The first kappa shape index (κ1) is 11.0. The first-order chi connectivity index (χ1) is 8.29. The molecule has 2 aromatic rings. The van der Waals surface area contributed by atoms with Crippen molar-refractivity contribution < 1.29 is 4.79 Å². The van der Waals surface area contributed by atoms with Crippen LogP contribution in [0.2, 0.25) is 0 Å². The molecule has 0 fully saturated rings. The van der Waals surface area contributed by atoms with Gasteiger partial charge >= 0.3 is 0 Å². The molecule has 2 aromatic heterocycles. The summed E-state index contributed by atoms with van der Waals surface area (Å²) in [5.74, 6) is 0.716. The Morgan fingerprint density at radius 2 is 2.12 bits per heavy atom. The van der Waals surface area contributed by atoms with Gasteiger partial charge in [-0.3, -0.25) is 9.78 Å². The van der Waals surface area contributed by atoms with Crippen LogP contribution in [-0.4, -0.2) is 27.9 Å². The summed E-state index contributed by atoms with van der Waals surface area (Å²) in [5, 5.41) is 5.47. The average Bonchev–Trinajstić information content (AvgIpc) is 2.40. The number of anilines is 2. The third-order valence-corrected chi connectivity index (χ3v) is 2.04. The number of hydrogen-bond acceptors (Lipinski definition) is 5. The molecule has 2 rings (SSSR count). The van der Waals surface area contributed by atoms with Crippen molar-refractivity contribution in [2.45, 2.75) is 0 Å². The van der Waals surface area contributed by atoms with Gasteiger partial charge in [0, 0.05) is 19.4 Å². The number of rotatable bonds is 3. The molecule has 0 aliphatic rings. The van der Waals surface area contributed by atoms with Gasteiger partial charge in [-0.2, -0.15) is 0 Å². The van der Waals surface area contributed by atoms with Crippen LogP contribution in [0.3, 0.4) is 0 Å². The molecular weight excluding hydrogens is 218 g/mol. The van der Waals surface area contributed by atoms with Crippen molar-refractivity contribution in [3.63, 3.8) is 0 Å². The second kappa shape index (κ2) is 5.02. The van der Waals surface area contributed by atoms with Crippen LogP contribution in [0.1, 0.15) is 10.5 Å². The molecule has 6 nitrogen and oxygen atoms in total. The van der Waals surface area contributed by atoms with Crippen LogP contribution in [0.15, 0.2) is 36.8 Å². The second-order valence-electron chi connectivity index (χ2n) is 3.20. The van der Waals surface area contributed by atoms with Gasteiger partial charge in [-0.05, 0) is 12.1 Å². The normalized spacial score (nSPS) is 9.71. The Morgan fingerprint density at radius 1 is 1.24 bits per heavy atom. The van der Waals surface area contributed by atoms with Gasteiger partial charge in [-0.15, -0.1) is 0 Å². The quantitative estimate of drug-likeness (QED) is 0.825. The molecular formula is C11H11N5O. The lowest BCUT2D eigenvalue weighted by Gasteiger charge is -2.04. The van der Waals surface area contributed by atoms with E-state index in [0.717, 1.165) is 0 Å². The van der Waals surface area contributed by atoms with Gasteiger partial charge in [0.05, 0.1) is 6.20 Å². The molecule has 0 saturated heterocycles. The highest BCUT2D eigenvalue weighted by atomic mass is 16.1. The van der Waals surface area contributed by atoms with Crippen LogP contribution in [0.5, 0.6) is 0 Å². The van der Waals surface area contributed by atoms with Gasteiger partial charge in [0.25, 0.3) is 5.91 Å². The van der Waals surface area contributed by atoms with Crippen molar-refractivity contribution >= 4 is 17.5 Å². The van der Waals surface area contributed by atoms with E-state index >= 15 is 0 Å². The highest BCUT2D eigenvalue weighted by molar-refractivity contribution is 6.02. The molecule has 0 unspecified atom stereocenters. The molecule has 17 heavy (non-hydrogen) atoms. The number of nitrogens with one attached hydrogen (secondary N) is 2. The van der Waals surface area contributed by atoms with E-state index in [1.807, 2.05) is 0 Å². The van der Waals surface area contributed by atoms with E-state index in [1.54, 1.807) is 25.2 Å². The molecule has 1 amide bonds. The molecule has 0 saturated carbocycles. The molecule has 0 aliphatic carbocycles. The molecule has 0 atom stereocenters. The van der Waals surface area contributed by atoms with E-state index in [9.17, 15) is 4.79 Å². The lowest BCUT2D eigenvalue weighted by Crippen LogP contribution is -2.15. The largest absolute Gasteiger partial charge is 0.373 e. The van der Waals surface area contributed by atoms with Crippen molar-refractivity contribution in [3.8, 4) is 0 Å². The smallest absolute Gasteiger partial charge is 0.275 e. The minimum absolute atomic E-state index is 0.317. The summed E-state index contributed by atoms with van der Waals surface area (Å²) in [4.78, 5) is 23.7. The average molecular weight is 229 g/mol. The first-order valence-corrected chi connectivity index (χ1v) is 5.02. The number of hydrogen-bond donors (Lipinski definition) is 2. The number of aromatic nitrogens is 3. The Kier molecular flexibility index (Phi) is 3.25. The Balaban J connectivity index is 2.14. The highest BCUT2D eigenvalue weighted by Crippen LogP contribution is 2.06. The van der Waals surface area contributed by atoms with Gasteiger partial charge in [-0.1, -0.05) is 6.07 Å². The number of carbonyl (C=O) groups is 1. The standard InChI is InChI=1S/C11H11N5O/c1-12-9-4-2-3-8(15-9)11(17)16-10-7-13-5-6-14-10/h2-7H,1H3,(H,12,15)(H,14,16,17). The fourth-order valence-electron chi connectivity index (χ4n) is 1.24. The fraction of sp³-hybridized carbons (Fsp3) is 0.0909. The van der Waals surface area contributed by atoms with Gasteiger partial charge in [-0.25, -0.2) is 9.97 Å². The summed E-state index contributed by atoms with van der Waals surface area (Å²) in [6.45, 7) is 0. The van der Waals surface area contributed by atoms with E-state index in [-0.39, 0.29) is 5.91 Å². The Hall–Kier alpha value is -2.50. The number of pyridine rings is 1. The second-order valence-corrected chi connectivity index (χ2v) is 3.20. The fourth-order valence-corrected chi connectivity index (χ4v) is 1.24. The van der Waals surface area contributed by atoms with Crippen molar-refractivity contribution in [1.29, 1.82) is 0 Å². The lowest BCUT2D eigenvalue weighted by molar-refractivity contribution is 0.102. The van der Waals surface area contributed by atoms with E-state index in [1.165, 1.54) is 18.6 Å². The Bertz CT molecular complexity index is 514. The van der Waals surface area contributed by atoms with Crippen LogP contribution in [0.25, 0.3) is 0 Å². The molecule has 0 radical (unpaired) electrons. The van der Waals surface area contributed by atoms with Crippen LogP contribution < -0.4 is 10.6 Å². The first-order valence-electron chi connectivity index (χ1n) is 5.02. The summed E-state index contributed by atoms with van der Waals surface area (Å²) in [7, 11) is 1.74. The highest BCUT2D eigenvalue weighted by Gasteiger charge is 2.08. The SMILES string of the molecule is CNc1cccc(C(=O)Nc2cnccn2)n1. The van der Waals surface area contributed by atoms with Crippen molar-refractivity contribution in [3.05, 3.63) is 42.5 Å².